The van der Waals surface area contributed by atoms with E-state index in [-0.39, 0.29) is 17.2 Å². The predicted molar refractivity (Wildman–Crippen MR) is 51.8 cm³/mol. The molecular formula is C9H16ClNO2. The van der Waals surface area contributed by atoms with E-state index in [2.05, 4.69) is 12.2 Å². The zero-order valence-electron chi connectivity index (χ0n) is 8.10. The third kappa shape index (κ3) is 2.85. The van der Waals surface area contributed by atoms with E-state index in [0.717, 1.165) is 13.2 Å². The number of carbonyl (C=O) groups is 1. The Bertz CT molecular complexity index is 192. The van der Waals surface area contributed by atoms with Crippen molar-refractivity contribution in [3.63, 3.8) is 0 Å². The number of rotatable bonds is 4. The lowest BCUT2D eigenvalue weighted by Gasteiger charge is -2.38. The molecule has 1 rings (SSSR count). The average Bonchev–Trinajstić information content (AvgIpc) is 2.09. The quantitative estimate of drug-likeness (QED) is 0.696. The van der Waals surface area contributed by atoms with Gasteiger partial charge in [-0.15, -0.1) is 11.6 Å². The molecule has 0 radical (unpaired) electrons. The molecule has 4 heteroatoms. The highest BCUT2D eigenvalue weighted by Gasteiger charge is 2.33. The van der Waals surface area contributed by atoms with Crippen molar-refractivity contribution < 1.29 is 9.53 Å². The predicted octanol–water partition coefficient (Wildman–Crippen LogP) is 1.01. The fourth-order valence-electron chi connectivity index (χ4n) is 1.10. The van der Waals surface area contributed by atoms with Gasteiger partial charge in [0.25, 0.3) is 0 Å². The van der Waals surface area contributed by atoms with E-state index >= 15 is 0 Å². The van der Waals surface area contributed by atoms with Gasteiger partial charge in [0.05, 0.1) is 13.2 Å². The van der Waals surface area contributed by atoms with Crippen LogP contribution in [0.5, 0.6) is 0 Å². The van der Waals surface area contributed by atoms with Crippen LogP contribution in [0.2, 0.25) is 0 Å². The molecule has 0 aromatic heterocycles. The normalized spacial score (nSPS) is 21.8. The second-order valence-corrected chi connectivity index (χ2v) is 4.39. The lowest BCUT2D eigenvalue weighted by molar-refractivity contribution is -0.129. The van der Waals surface area contributed by atoms with E-state index in [9.17, 15) is 4.79 Å². The SMILES string of the molecule is CC(CCl)C(=O)NCC1(C)COC1. The summed E-state index contributed by atoms with van der Waals surface area (Å²) in [6.07, 6.45) is 0. The monoisotopic (exact) mass is 205 g/mol. The van der Waals surface area contributed by atoms with Crippen LogP contribution in [0.25, 0.3) is 0 Å². The van der Waals surface area contributed by atoms with Crippen molar-refractivity contribution in [2.75, 3.05) is 25.6 Å². The van der Waals surface area contributed by atoms with Crippen LogP contribution < -0.4 is 5.32 Å². The Morgan fingerprint density at radius 2 is 2.31 bits per heavy atom. The lowest BCUT2D eigenvalue weighted by atomic mass is 9.88. The van der Waals surface area contributed by atoms with Crippen molar-refractivity contribution in [2.45, 2.75) is 13.8 Å². The van der Waals surface area contributed by atoms with Gasteiger partial charge in [0.15, 0.2) is 0 Å². The minimum atomic E-state index is -0.105. The van der Waals surface area contributed by atoms with Gasteiger partial charge in [-0.25, -0.2) is 0 Å². The van der Waals surface area contributed by atoms with E-state index < -0.39 is 0 Å². The zero-order valence-corrected chi connectivity index (χ0v) is 8.86. The molecule has 1 saturated heterocycles. The molecule has 1 heterocycles. The Hall–Kier alpha value is -0.280. The molecule has 1 unspecified atom stereocenters. The van der Waals surface area contributed by atoms with E-state index in [4.69, 9.17) is 16.3 Å². The van der Waals surface area contributed by atoms with Gasteiger partial charge in [-0.2, -0.15) is 0 Å². The van der Waals surface area contributed by atoms with Crippen LogP contribution in [0, 0.1) is 11.3 Å². The van der Waals surface area contributed by atoms with E-state index in [1.54, 1.807) is 0 Å². The van der Waals surface area contributed by atoms with Gasteiger partial charge in [-0.3, -0.25) is 4.79 Å². The number of amides is 1. The minimum Gasteiger partial charge on any atom is -0.380 e. The molecule has 3 nitrogen and oxygen atoms in total. The molecular weight excluding hydrogens is 190 g/mol. The van der Waals surface area contributed by atoms with Gasteiger partial charge in [0.1, 0.15) is 0 Å². The summed E-state index contributed by atoms with van der Waals surface area (Å²) in [4.78, 5) is 11.3. The summed E-state index contributed by atoms with van der Waals surface area (Å²) in [5.41, 5.74) is 0.141. The molecule has 0 spiro atoms. The minimum absolute atomic E-state index is 0.0307. The number of hydrogen-bond donors (Lipinski definition) is 1. The number of nitrogens with one attached hydrogen (secondary N) is 1. The average molecular weight is 206 g/mol. The van der Waals surface area contributed by atoms with Crippen LogP contribution >= 0.6 is 11.6 Å². The first-order valence-electron chi connectivity index (χ1n) is 4.49. The van der Waals surface area contributed by atoms with Crippen LogP contribution in [0.4, 0.5) is 0 Å². The second-order valence-electron chi connectivity index (χ2n) is 4.08. The Balaban J connectivity index is 2.21. The zero-order chi connectivity index (χ0) is 9.90. The van der Waals surface area contributed by atoms with Crippen molar-refractivity contribution in [2.24, 2.45) is 11.3 Å². The van der Waals surface area contributed by atoms with Crippen LogP contribution in [-0.2, 0) is 9.53 Å². The number of carbonyl (C=O) groups excluding carboxylic acids is 1. The summed E-state index contributed by atoms with van der Waals surface area (Å²) in [6, 6.07) is 0. The first-order valence-corrected chi connectivity index (χ1v) is 5.02. The highest BCUT2D eigenvalue weighted by molar-refractivity contribution is 6.19. The summed E-state index contributed by atoms with van der Waals surface area (Å²) in [7, 11) is 0. The molecule has 1 atom stereocenters. The third-order valence-electron chi connectivity index (χ3n) is 2.27. The Labute approximate surface area is 83.8 Å². The fraction of sp³-hybridized carbons (Fsp3) is 0.889. The van der Waals surface area contributed by atoms with Crippen molar-refractivity contribution in [3.05, 3.63) is 0 Å². The molecule has 0 bridgehead atoms. The third-order valence-corrected chi connectivity index (χ3v) is 2.73. The van der Waals surface area contributed by atoms with Gasteiger partial charge in [-0.05, 0) is 0 Å². The van der Waals surface area contributed by atoms with Gasteiger partial charge in [-0.1, -0.05) is 13.8 Å². The molecule has 1 aliphatic heterocycles. The maximum atomic E-state index is 11.3. The smallest absolute Gasteiger partial charge is 0.224 e. The molecule has 1 amide bonds. The Morgan fingerprint density at radius 3 is 2.69 bits per heavy atom. The maximum Gasteiger partial charge on any atom is 0.224 e. The number of ether oxygens (including phenoxy) is 1. The summed E-state index contributed by atoms with van der Waals surface area (Å²) in [6.45, 7) is 6.09. The fourth-order valence-corrected chi connectivity index (χ4v) is 1.24. The first kappa shape index (κ1) is 10.8. The molecule has 0 saturated carbocycles. The van der Waals surface area contributed by atoms with Gasteiger partial charge in [0.2, 0.25) is 5.91 Å². The van der Waals surface area contributed by atoms with Crippen LogP contribution in [0.1, 0.15) is 13.8 Å². The lowest BCUT2D eigenvalue weighted by Crippen LogP contribution is -2.49. The van der Waals surface area contributed by atoms with Crippen LogP contribution in [0.3, 0.4) is 0 Å². The molecule has 1 fully saturated rings. The number of halogens is 1. The van der Waals surface area contributed by atoms with Crippen molar-refractivity contribution >= 4 is 17.5 Å². The second kappa shape index (κ2) is 4.29. The molecule has 13 heavy (non-hydrogen) atoms. The van der Waals surface area contributed by atoms with Gasteiger partial charge >= 0.3 is 0 Å². The standard InChI is InChI=1S/C9H16ClNO2/c1-7(3-10)8(12)11-4-9(2)5-13-6-9/h7H,3-6H2,1-2H3,(H,11,12). The molecule has 76 valence electrons. The van der Waals surface area contributed by atoms with Crippen molar-refractivity contribution in [1.82, 2.24) is 5.32 Å². The highest BCUT2D eigenvalue weighted by Crippen LogP contribution is 2.25. The number of hydrogen-bond acceptors (Lipinski definition) is 2. The number of alkyl halides is 1. The van der Waals surface area contributed by atoms with Gasteiger partial charge in [0, 0.05) is 23.8 Å². The topological polar surface area (TPSA) is 38.3 Å². The summed E-state index contributed by atoms with van der Waals surface area (Å²) in [5, 5.41) is 2.87. The summed E-state index contributed by atoms with van der Waals surface area (Å²) in [5.74, 6) is 0.299. The van der Waals surface area contributed by atoms with Crippen molar-refractivity contribution in [1.29, 1.82) is 0 Å². The van der Waals surface area contributed by atoms with Gasteiger partial charge < -0.3 is 10.1 Å². The largest absolute Gasteiger partial charge is 0.380 e. The Kier molecular flexibility index (Phi) is 3.56. The highest BCUT2D eigenvalue weighted by atomic mass is 35.5. The maximum absolute atomic E-state index is 11.3. The van der Waals surface area contributed by atoms with E-state index in [1.807, 2.05) is 6.92 Å². The van der Waals surface area contributed by atoms with E-state index in [0.29, 0.717) is 12.4 Å². The van der Waals surface area contributed by atoms with Crippen LogP contribution in [-0.4, -0.2) is 31.5 Å². The molecule has 0 aliphatic carbocycles. The first-order chi connectivity index (χ1) is 6.07. The van der Waals surface area contributed by atoms with Crippen molar-refractivity contribution in [3.8, 4) is 0 Å². The molecule has 0 aromatic carbocycles. The molecule has 1 aliphatic rings. The van der Waals surface area contributed by atoms with E-state index in [1.165, 1.54) is 0 Å². The Morgan fingerprint density at radius 1 is 1.69 bits per heavy atom. The van der Waals surface area contributed by atoms with Crippen LogP contribution in [0.15, 0.2) is 0 Å². The molecule has 1 N–H and O–H groups in total. The molecule has 0 aromatic rings. The summed E-state index contributed by atoms with van der Waals surface area (Å²) < 4.78 is 5.08. The summed E-state index contributed by atoms with van der Waals surface area (Å²) >= 11 is 5.56.